The zero-order chi connectivity index (χ0) is 14.7. The Bertz CT molecular complexity index is 591. The van der Waals surface area contributed by atoms with E-state index < -0.39 is 6.10 Å². The fourth-order valence-corrected chi connectivity index (χ4v) is 2.75. The first-order valence-corrected chi connectivity index (χ1v) is 7.38. The van der Waals surface area contributed by atoms with Crippen molar-refractivity contribution in [1.29, 1.82) is 0 Å². The van der Waals surface area contributed by atoms with Gasteiger partial charge < -0.3 is 9.84 Å². The minimum atomic E-state index is -0.563. The fourth-order valence-electron chi connectivity index (χ4n) is 2.48. The molecule has 0 saturated heterocycles. The highest BCUT2D eigenvalue weighted by atomic mass is 79.9. The van der Waals surface area contributed by atoms with Gasteiger partial charge in [0.1, 0.15) is 5.75 Å². The maximum Gasteiger partial charge on any atom is 0.125 e. The van der Waals surface area contributed by atoms with Gasteiger partial charge in [-0.05, 0) is 48.7 Å². The number of methoxy groups -OCH3 is 1. The number of ether oxygens (including phenoxy) is 1. The van der Waals surface area contributed by atoms with Crippen LogP contribution in [0.25, 0.3) is 0 Å². The van der Waals surface area contributed by atoms with E-state index >= 15 is 0 Å². The zero-order valence-corrected chi connectivity index (χ0v) is 13.6. The third-order valence-corrected chi connectivity index (χ3v) is 3.92. The zero-order valence-electron chi connectivity index (χ0n) is 12.0. The second-order valence-electron chi connectivity index (χ2n) is 5.04. The van der Waals surface area contributed by atoms with Gasteiger partial charge in [0.25, 0.3) is 0 Å². The first kappa shape index (κ1) is 15.1. The Balaban J connectivity index is 2.29. The molecule has 0 aliphatic rings. The number of rotatable bonds is 4. The first-order valence-electron chi connectivity index (χ1n) is 6.59. The average Bonchev–Trinajstić information content (AvgIpc) is 2.40. The molecule has 1 N–H and O–H groups in total. The molecular formula is C17H19BrO2. The first-order chi connectivity index (χ1) is 9.51. The van der Waals surface area contributed by atoms with Gasteiger partial charge in [-0.15, -0.1) is 0 Å². The van der Waals surface area contributed by atoms with Crippen molar-refractivity contribution in [3.8, 4) is 5.75 Å². The summed E-state index contributed by atoms with van der Waals surface area (Å²) in [6.07, 6.45) is 0.0137. The van der Waals surface area contributed by atoms with E-state index in [1.54, 1.807) is 7.11 Å². The maximum absolute atomic E-state index is 10.5. The van der Waals surface area contributed by atoms with E-state index in [9.17, 15) is 5.11 Å². The molecule has 3 heteroatoms. The molecule has 2 aromatic rings. The number of aliphatic hydroxyl groups excluding tert-OH is 1. The average molecular weight is 335 g/mol. The molecule has 0 radical (unpaired) electrons. The normalized spacial score (nSPS) is 12.2. The second-order valence-corrected chi connectivity index (χ2v) is 5.96. The molecule has 2 nitrogen and oxygen atoms in total. The summed E-state index contributed by atoms with van der Waals surface area (Å²) in [4.78, 5) is 0. The van der Waals surface area contributed by atoms with Crippen LogP contribution in [-0.4, -0.2) is 12.2 Å². The largest absolute Gasteiger partial charge is 0.496 e. The Morgan fingerprint density at radius 1 is 1.15 bits per heavy atom. The molecule has 0 aliphatic carbocycles. The monoisotopic (exact) mass is 334 g/mol. The van der Waals surface area contributed by atoms with Gasteiger partial charge >= 0.3 is 0 Å². The molecule has 2 rings (SSSR count). The standard InChI is InChI=1S/C17H19BrO2/c1-11-8-12(2)17(16(9-11)20-3)15(19)10-13-4-6-14(18)7-5-13/h4-9,15,19H,10H2,1-3H3. The van der Waals surface area contributed by atoms with Crippen LogP contribution in [0.4, 0.5) is 0 Å². The lowest BCUT2D eigenvalue weighted by Crippen LogP contribution is -2.06. The summed E-state index contributed by atoms with van der Waals surface area (Å²) in [5.41, 5.74) is 4.18. The molecule has 0 aromatic heterocycles. The summed E-state index contributed by atoms with van der Waals surface area (Å²) in [7, 11) is 1.64. The minimum Gasteiger partial charge on any atom is -0.496 e. The lowest BCUT2D eigenvalue weighted by Gasteiger charge is -2.18. The summed E-state index contributed by atoms with van der Waals surface area (Å²) in [6, 6.07) is 12.0. The van der Waals surface area contributed by atoms with Crippen molar-refractivity contribution in [2.75, 3.05) is 7.11 Å². The SMILES string of the molecule is COc1cc(C)cc(C)c1C(O)Cc1ccc(Br)cc1. The third kappa shape index (κ3) is 3.41. The fraction of sp³-hybridized carbons (Fsp3) is 0.294. The predicted octanol–water partition coefficient (Wildman–Crippen LogP) is 4.35. The van der Waals surface area contributed by atoms with E-state index in [1.165, 1.54) is 0 Å². The summed E-state index contributed by atoms with van der Waals surface area (Å²) < 4.78 is 6.46. The molecule has 0 aliphatic heterocycles. The van der Waals surface area contributed by atoms with E-state index in [2.05, 4.69) is 22.0 Å². The van der Waals surface area contributed by atoms with Crippen molar-refractivity contribution in [3.63, 3.8) is 0 Å². The minimum absolute atomic E-state index is 0.563. The summed E-state index contributed by atoms with van der Waals surface area (Å²) in [6.45, 7) is 4.04. The smallest absolute Gasteiger partial charge is 0.125 e. The number of aliphatic hydroxyl groups is 1. The number of hydrogen-bond acceptors (Lipinski definition) is 2. The summed E-state index contributed by atoms with van der Waals surface area (Å²) in [5, 5.41) is 10.5. The Labute approximate surface area is 128 Å². The number of halogens is 1. The highest BCUT2D eigenvalue weighted by Gasteiger charge is 2.17. The van der Waals surface area contributed by atoms with Crippen LogP contribution >= 0.6 is 15.9 Å². The van der Waals surface area contributed by atoms with E-state index in [4.69, 9.17) is 4.74 Å². The van der Waals surface area contributed by atoms with E-state index in [0.717, 1.165) is 32.5 Å². The van der Waals surface area contributed by atoms with Gasteiger partial charge in [0.05, 0.1) is 13.2 Å². The van der Waals surface area contributed by atoms with Gasteiger partial charge in [-0.3, -0.25) is 0 Å². The van der Waals surface area contributed by atoms with Crippen molar-refractivity contribution in [2.24, 2.45) is 0 Å². The van der Waals surface area contributed by atoms with Crippen molar-refractivity contribution >= 4 is 15.9 Å². The van der Waals surface area contributed by atoms with Gasteiger partial charge in [-0.1, -0.05) is 34.1 Å². The molecule has 0 heterocycles. The third-order valence-electron chi connectivity index (χ3n) is 3.39. The van der Waals surface area contributed by atoms with Crippen LogP contribution in [0.2, 0.25) is 0 Å². The molecule has 0 amide bonds. The maximum atomic E-state index is 10.5. The van der Waals surface area contributed by atoms with Crippen LogP contribution in [0.15, 0.2) is 40.9 Å². The molecule has 0 fully saturated rings. The molecule has 1 unspecified atom stereocenters. The van der Waals surface area contributed by atoms with Crippen LogP contribution in [0.1, 0.15) is 28.4 Å². The molecule has 20 heavy (non-hydrogen) atoms. The summed E-state index contributed by atoms with van der Waals surface area (Å²) in [5.74, 6) is 0.757. The Morgan fingerprint density at radius 2 is 1.80 bits per heavy atom. The van der Waals surface area contributed by atoms with Crippen LogP contribution in [-0.2, 0) is 6.42 Å². The molecule has 0 spiro atoms. The van der Waals surface area contributed by atoms with Gasteiger partial charge in [0.15, 0.2) is 0 Å². The van der Waals surface area contributed by atoms with E-state index in [0.29, 0.717) is 6.42 Å². The van der Waals surface area contributed by atoms with Gasteiger partial charge in [-0.2, -0.15) is 0 Å². The van der Waals surface area contributed by atoms with Gasteiger partial charge in [0.2, 0.25) is 0 Å². The second kappa shape index (κ2) is 6.42. The lowest BCUT2D eigenvalue weighted by molar-refractivity contribution is 0.173. The van der Waals surface area contributed by atoms with Crippen molar-refractivity contribution in [1.82, 2.24) is 0 Å². The Hall–Kier alpha value is -1.32. The van der Waals surface area contributed by atoms with Gasteiger partial charge in [-0.25, -0.2) is 0 Å². The predicted molar refractivity (Wildman–Crippen MR) is 85.3 cm³/mol. The van der Waals surface area contributed by atoms with Crippen LogP contribution < -0.4 is 4.74 Å². The molecule has 2 aromatic carbocycles. The highest BCUT2D eigenvalue weighted by Crippen LogP contribution is 2.32. The highest BCUT2D eigenvalue weighted by molar-refractivity contribution is 9.10. The lowest BCUT2D eigenvalue weighted by atomic mass is 9.95. The van der Waals surface area contributed by atoms with Crippen LogP contribution in [0.5, 0.6) is 5.75 Å². The van der Waals surface area contributed by atoms with Crippen molar-refractivity contribution in [3.05, 3.63) is 63.1 Å². The molecule has 1 atom stereocenters. The Morgan fingerprint density at radius 3 is 2.40 bits per heavy atom. The topological polar surface area (TPSA) is 29.5 Å². The quantitative estimate of drug-likeness (QED) is 0.900. The Kier molecular flexibility index (Phi) is 4.84. The van der Waals surface area contributed by atoms with E-state index in [-0.39, 0.29) is 0 Å². The van der Waals surface area contributed by atoms with Crippen LogP contribution in [0, 0.1) is 13.8 Å². The number of hydrogen-bond donors (Lipinski definition) is 1. The molecule has 106 valence electrons. The van der Waals surface area contributed by atoms with Gasteiger partial charge in [0, 0.05) is 16.5 Å². The van der Waals surface area contributed by atoms with Crippen molar-refractivity contribution < 1.29 is 9.84 Å². The molecule has 0 saturated carbocycles. The summed E-state index contributed by atoms with van der Waals surface area (Å²) >= 11 is 3.42. The number of benzene rings is 2. The number of aryl methyl sites for hydroxylation is 2. The molecular weight excluding hydrogens is 316 g/mol. The molecule has 0 bridgehead atoms. The van der Waals surface area contributed by atoms with Crippen LogP contribution in [0.3, 0.4) is 0 Å². The van der Waals surface area contributed by atoms with E-state index in [1.807, 2.05) is 44.2 Å². The van der Waals surface area contributed by atoms with Crippen molar-refractivity contribution in [2.45, 2.75) is 26.4 Å².